The highest BCUT2D eigenvalue weighted by Gasteiger charge is 2.36. The minimum Gasteiger partial charge on any atom is -0.493 e. The zero-order chi connectivity index (χ0) is 22.7. The third kappa shape index (κ3) is 4.33. The topological polar surface area (TPSA) is 114 Å². The number of thioether (sulfide) groups is 1. The average molecular weight is 452 g/mol. The molecule has 0 amide bonds. The summed E-state index contributed by atoms with van der Waals surface area (Å²) >= 11 is 1.70. The number of ether oxygens (including phenoxy) is 2. The second kappa shape index (κ2) is 9.19. The molecule has 2 aromatic heterocycles. The number of hydrogen-bond donors (Lipinski definition) is 3. The van der Waals surface area contributed by atoms with Crippen molar-refractivity contribution in [2.24, 2.45) is 0 Å². The number of aryl methyl sites for hydroxylation is 1. The molecule has 0 unspecified atom stereocenters. The summed E-state index contributed by atoms with van der Waals surface area (Å²) in [5, 5.41) is 13.4. The number of carboxylic acids is 1. The first-order chi connectivity index (χ1) is 15.5. The Morgan fingerprint density at radius 3 is 2.97 bits per heavy atom. The number of anilines is 1. The number of carboxylic acid groups (broad SMARTS) is 1. The van der Waals surface area contributed by atoms with Crippen LogP contribution in [0.25, 0.3) is 17.1 Å². The zero-order valence-electron chi connectivity index (χ0n) is 17.5. The first kappa shape index (κ1) is 21.5. The summed E-state index contributed by atoms with van der Waals surface area (Å²) in [7, 11) is 0. The van der Waals surface area contributed by atoms with E-state index in [1.165, 1.54) is 6.08 Å². The van der Waals surface area contributed by atoms with Crippen molar-refractivity contribution in [3.05, 3.63) is 71.1 Å². The maximum atomic E-state index is 12.8. The van der Waals surface area contributed by atoms with E-state index in [4.69, 9.17) is 9.47 Å². The quantitative estimate of drug-likeness (QED) is 0.268. The minimum absolute atomic E-state index is 0.0793. The van der Waals surface area contributed by atoms with Gasteiger partial charge in [0.1, 0.15) is 11.4 Å². The van der Waals surface area contributed by atoms with Crippen molar-refractivity contribution in [3.63, 3.8) is 0 Å². The van der Waals surface area contributed by atoms with Gasteiger partial charge in [-0.3, -0.25) is 4.79 Å². The molecule has 0 aliphatic carbocycles. The number of carbonyl (C=O) groups is 2. The number of nitrogens with zero attached hydrogens (tertiary/aromatic N) is 1. The Bertz CT molecular complexity index is 1260. The number of hydrogen-bond acceptors (Lipinski definition) is 7. The lowest BCUT2D eigenvalue weighted by atomic mass is 10.1. The van der Waals surface area contributed by atoms with Gasteiger partial charge in [-0.2, -0.15) is 11.8 Å². The summed E-state index contributed by atoms with van der Waals surface area (Å²) in [6.07, 6.45) is 6.86. The van der Waals surface area contributed by atoms with E-state index in [0.29, 0.717) is 29.3 Å². The third-order valence-corrected chi connectivity index (χ3v) is 5.45. The molecule has 0 fully saturated rings. The van der Waals surface area contributed by atoms with Crippen LogP contribution in [0.5, 0.6) is 5.75 Å². The van der Waals surface area contributed by atoms with Crippen molar-refractivity contribution >= 4 is 46.3 Å². The molecular weight excluding hydrogens is 430 g/mol. The van der Waals surface area contributed by atoms with Crippen molar-refractivity contribution in [1.29, 1.82) is 0 Å². The van der Waals surface area contributed by atoms with Crippen LogP contribution in [-0.4, -0.2) is 45.4 Å². The van der Waals surface area contributed by atoms with Gasteiger partial charge in [0.25, 0.3) is 0 Å². The van der Waals surface area contributed by atoms with Crippen molar-refractivity contribution < 1.29 is 24.2 Å². The molecule has 0 atom stereocenters. The molecule has 0 bridgehead atoms. The van der Waals surface area contributed by atoms with Crippen LogP contribution >= 0.6 is 11.8 Å². The van der Waals surface area contributed by atoms with E-state index in [2.05, 4.69) is 15.3 Å². The van der Waals surface area contributed by atoms with Crippen LogP contribution in [0.1, 0.15) is 11.1 Å². The predicted octanol–water partition coefficient (Wildman–Crippen LogP) is 3.96. The summed E-state index contributed by atoms with van der Waals surface area (Å²) < 4.78 is 11.4. The molecule has 1 aliphatic heterocycles. The number of pyridine rings is 1. The van der Waals surface area contributed by atoms with Gasteiger partial charge in [-0.05, 0) is 55.2 Å². The van der Waals surface area contributed by atoms with Gasteiger partial charge in [0.2, 0.25) is 11.7 Å². The molecular formula is C23H21N3O5S. The fraction of sp³-hybridized carbons (Fsp3) is 0.174. The first-order valence-corrected chi connectivity index (χ1v) is 11.2. The van der Waals surface area contributed by atoms with Crippen LogP contribution in [0.15, 0.2) is 59.9 Å². The van der Waals surface area contributed by atoms with Crippen LogP contribution in [0.4, 0.5) is 5.69 Å². The smallest absolute Gasteiger partial charge is 0.345 e. The number of H-pyrrole nitrogens is 1. The van der Waals surface area contributed by atoms with Crippen LogP contribution in [0.3, 0.4) is 0 Å². The van der Waals surface area contributed by atoms with E-state index in [1.807, 2.05) is 25.3 Å². The highest BCUT2D eigenvalue weighted by atomic mass is 32.2. The first-order valence-electron chi connectivity index (χ1n) is 9.81. The summed E-state index contributed by atoms with van der Waals surface area (Å²) in [6, 6.07) is 9.01. The highest BCUT2D eigenvalue weighted by molar-refractivity contribution is 7.98. The highest BCUT2D eigenvalue weighted by Crippen LogP contribution is 2.31. The van der Waals surface area contributed by atoms with Crippen molar-refractivity contribution in [2.75, 3.05) is 23.9 Å². The Labute approximate surface area is 188 Å². The van der Waals surface area contributed by atoms with E-state index in [1.54, 1.807) is 42.4 Å². The van der Waals surface area contributed by atoms with E-state index >= 15 is 0 Å². The molecule has 32 heavy (non-hydrogen) atoms. The van der Waals surface area contributed by atoms with Crippen molar-refractivity contribution in [1.82, 2.24) is 9.97 Å². The number of aliphatic carboxylic acids is 1. The number of ketones is 1. The van der Waals surface area contributed by atoms with E-state index < -0.39 is 17.3 Å². The molecule has 3 aromatic rings. The largest absolute Gasteiger partial charge is 0.493 e. The summed E-state index contributed by atoms with van der Waals surface area (Å²) in [6.45, 7) is 2.45. The number of rotatable bonds is 8. The molecule has 1 aromatic carbocycles. The SMILES string of the molecule is CSCCOc1ccc(NC2=C(C(=O)O)C(=O)/C(=C/c3c[nH]c4ncccc34)O2)c(C)c1. The minimum atomic E-state index is -1.36. The predicted molar refractivity (Wildman–Crippen MR) is 124 cm³/mol. The molecule has 3 N–H and O–H groups in total. The Balaban J connectivity index is 1.59. The van der Waals surface area contributed by atoms with Gasteiger partial charge >= 0.3 is 5.97 Å². The lowest BCUT2D eigenvalue weighted by molar-refractivity contribution is -0.134. The number of allylic oxidation sites excluding steroid dienone is 1. The standard InChI is InChI=1S/C23H21N3O5S/c1-13-10-15(30-8-9-32-2)5-6-17(13)26-22-19(23(28)29)20(27)18(31-22)11-14-12-25-21-16(14)4-3-7-24-21/h3-7,10-12,26H,8-9H2,1-2H3,(H,24,25)(H,28,29)/b18-11-. The number of aromatic amines is 1. The second-order valence-electron chi connectivity index (χ2n) is 7.04. The Kier molecular flexibility index (Phi) is 6.18. The fourth-order valence-electron chi connectivity index (χ4n) is 3.28. The second-order valence-corrected chi connectivity index (χ2v) is 8.02. The summed E-state index contributed by atoms with van der Waals surface area (Å²) in [5.74, 6) is -0.670. The summed E-state index contributed by atoms with van der Waals surface area (Å²) in [5.41, 5.74) is 2.31. The molecule has 8 nitrogen and oxygen atoms in total. The average Bonchev–Trinajstić information content (AvgIpc) is 3.31. The van der Waals surface area contributed by atoms with Gasteiger partial charge < -0.3 is 24.9 Å². The number of Topliss-reactive ketones (excluding diaryl/α,β-unsaturated/α-hetero) is 1. The number of aromatic nitrogens is 2. The maximum absolute atomic E-state index is 12.8. The molecule has 4 rings (SSSR count). The van der Waals surface area contributed by atoms with E-state index in [9.17, 15) is 14.7 Å². The molecule has 9 heteroatoms. The van der Waals surface area contributed by atoms with E-state index in [-0.39, 0.29) is 11.6 Å². The molecule has 3 heterocycles. The van der Waals surface area contributed by atoms with Crippen molar-refractivity contribution in [2.45, 2.75) is 6.92 Å². The molecule has 1 aliphatic rings. The Morgan fingerprint density at radius 2 is 2.22 bits per heavy atom. The number of benzene rings is 1. The molecule has 0 saturated heterocycles. The normalized spacial score (nSPS) is 14.8. The molecule has 0 spiro atoms. The van der Waals surface area contributed by atoms with Crippen LogP contribution < -0.4 is 10.1 Å². The van der Waals surface area contributed by atoms with Crippen LogP contribution in [0, 0.1) is 6.92 Å². The third-order valence-electron chi connectivity index (χ3n) is 4.88. The van der Waals surface area contributed by atoms with Crippen molar-refractivity contribution in [3.8, 4) is 5.75 Å². The summed E-state index contributed by atoms with van der Waals surface area (Å²) in [4.78, 5) is 31.8. The lowest BCUT2D eigenvalue weighted by Crippen LogP contribution is -2.12. The van der Waals surface area contributed by atoms with Gasteiger partial charge in [-0.25, -0.2) is 9.78 Å². The Morgan fingerprint density at radius 1 is 1.38 bits per heavy atom. The lowest BCUT2D eigenvalue weighted by Gasteiger charge is -2.13. The molecule has 0 radical (unpaired) electrons. The monoisotopic (exact) mass is 451 g/mol. The van der Waals surface area contributed by atoms with Gasteiger partial charge in [0.15, 0.2) is 11.3 Å². The van der Waals surface area contributed by atoms with Gasteiger partial charge in [0.05, 0.1) is 6.61 Å². The van der Waals surface area contributed by atoms with Gasteiger partial charge in [0, 0.05) is 34.8 Å². The molecule has 0 saturated carbocycles. The number of nitrogens with one attached hydrogen (secondary N) is 2. The van der Waals surface area contributed by atoms with Gasteiger partial charge in [-0.15, -0.1) is 0 Å². The zero-order valence-corrected chi connectivity index (χ0v) is 18.3. The Hall–Kier alpha value is -3.72. The van der Waals surface area contributed by atoms with E-state index in [0.717, 1.165) is 16.7 Å². The number of carbonyl (C=O) groups excluding carboxylic acids is 1. The van der Waals surface area contributed by atoms with Crippen LogP contribution in [0.2, 0.25) is 0 Å². The van der Waals surface area contributed by atoms with Crippen LogP contribution in [-0.2, 0) is 14.3 Å². The van der Waals surface area contributed by atoms with Gasteiger partial charge in [-0.1, -0.05) is 0 Å². The maximum Gasteiger partial charge on any atom is 0.345 e. The number of fused-ring (bicyclic) bond motifs is 1. The molecule has 164 valence electrons. The fourth-order valence-corrected chi connectivity index (χ4v) is 3.53.